The summed E-state index contributed by atoms with van der Waals surface area (Å²) in [7, 11) is 0. The van der Waals surface area contributed by atoms with Gasteiger partial charge in [-0.15, -0.1) is 0 Å². The monoisotopic (exact) mass is 323 g/mol. The van der Waals surface area contributed by atoms with E-state index in [1.807, 2.05) is 34.9 Å². The van der Waals surface area contributed by atoms with E-state index in [4.69, 9.17) is 4.74 Å². The summed E-state index contributed by atoms with van der Waals surface area (Å²) < 4.78 is 7.22. The minimum atomic E-state index is -0.179. The normalized spacial score (nSPS) is 14.8. The lowest BCUT2D eigenvalue weighted by molar-refractivity contribution is 0.102. The van der Waals surface area contributed by atoms with Gasteiger partial charge in [-0.05, 0) is 18.2 Å². The molecule has 24 heavy (non-hydrogen) atoms. The molecular weight excluding hydrogens is 306 g/mol. The molecule has 0 radical (unpaired) electrons. The second-order valence-electron chi connectivity index (χ2n) is 5.59. The van der Waals surface area contributed by atoms with Crippen LogP contribution >= 0.6 is 0 Å². The number of pyridine rings is 1. The second kappa shape index (κ2) is 6.29. The standard InChI is InChI=1S/C17H17N5O2/c23-16(13-9-15-3-1-2-4-22(15)12-13)20-14-10-18-17(19-11-14)21-5-7-24-8-6-21/h1-4,9-12H,5-8H2,(H,20,23). The molecule has 0 unspecified atom stereocenters. The Bertz CT molecular complexity index is 820. The molecule has 1 saturated heterocycles. The first-order valence-electron chi connectivity index (χ1n) is 7.82. The van der Waals surface area contributed by atoms with Gasteiger partial charge in [0.1, 0.15) is 0 Å². The van der Waals surface area contributed by atoms with Gasteiger partial charge >= 0.3 is 0 Å². The molecule has 122 valence electrons. The van der Waals surface area contributed by atoms with Gasteiger partial charge in [-0.25, -0.2) is 9.97 Å². The van der Waals surface area contributed by atoms with Gasteiger partial charge in [0.15, 0.2) is 0 Å². The Morgan fingerprint density at radius 3 is 2.71 bits per heavy atom. The molecule has 1 aliphatic heterocycles. The molecule has 1 N–H and O–H groups in total. The van der Waals surface area contributed by atoms with E-state index in [2.05, 4.69) is 20.2 Å². The molecule has 4 heterocycles. The molecule has 7 nitrogen and oxygen atoms in total. The summed E-state index contributed by atoms with van der Waals surface area (Å²) in [6.45, 7) is 2.93. The van der Waals surface area contributed by atoms with Crippen molar-refractivity contribution in [3.05, 3.63) is 54.6 Å². The minimum Gasteiger partial charge on any atom is -0.378 e. The highest BCUT2D eigenvalue weighted by Crippen LogP contribution is 2.14. The van der Waals surface area contributed by atoms with Crippen molar-refractivity contribution in [1.82, 2.24) is 14.4 Å². The first-order valence-corrected chi connectivity index (χ1v) is 7.82. The molecule has 0 aliphatic carbocycles. The quantitative estimate of drug-likeness (QED) is 0.796. The van der Waals surface area contributed by atoms with Gasteiger partial charge in [-0.2, -0.15) is 0 Å². The van der Waals surface area contributed by atoms with Crippen molar-refractivity contribution in [3.63, 3.8) is 0 Å². The van der Waals surface area contributed by atoms with Crippen LogP contribution in [0.15, 0.2) is 49.1 Å². The third-order valence-corrected chi connectivity index (χ3v) is 3.96. The zero-order valence-electron chi connectivity index (χ0n) is 13.1. The molecule has 0 spiro atoms. The van der Waals surface area contributed by atoms with Crippen LogP contribution < -0.4 is 10.2 Å². The number of aromatic nitrogens is 3. The number of anilines is 2. The van der Waals surface area contributed by atoms with Crippen molar-refractivity contribution in [3.8, 4) is 0 Å². The van der Waals surface area contributed by atoms with Crippen molar-refractivity contribution in [2.24, 2.45) is 0 Å². The number of ether oxygens (including phenoxy) is 1. The van der Waals surface area contributed by atoms with Crippen molar-refractivity contribution in [2.75, 3.05) is 36.5 Å². The van der Waals surface area contributed by atoms with Crippen LogP contribution in [-0.4, -0.2) is 46.6 Å². The summed E-state index contributed by atoms with van der Waals surface area (Å²) in [6, 6.07) is 7.66. The third kappa shape index (κ3) is 2.93. The maximum atomic E-state index is 12.4. The largest absolute Gasteiger partial charge is 0.378 e. The van der Waals surface area contributed by atoms with Gasteiger partial charge in [0.2, 0.25) is 5.95 Å². The average Bonchev–Trinajstić information content (AvgIpc) is 3.07. The molecule has 1 amide bonds. The predicted molar refractivity (Wildman–Crippen MR) is 90.4 cm³/mol. The van der Waals surface area contributed by atoms with Gasteiger partial charge in [-0.3, -0.25) is 4.79 Å². The lowest BCUT2D eigenvalue weighted by Gasteiger charge is -2.26. The van der Waals surface area contributed by atoms with Crippen molar-refractivity contribution in [1.29, 1.82) is 0 Å². The summed E-state index contributed by atoms with van der Waals surface area (Å²) >= 11 is 0. The highest BCUT2D eigenvalue weighted by atomic mass is 16.5. The van der Waals surface area contributed by atoms with Crippen LogP contribution in [0, 0.1) is 0 Å². The van der Waals surface area contributed by atoms with E-state index in [-0.39, 0.29) is 5.91 Å². The van der Waals surface area contributed by atoms with E-state index in [1.165, 1.54) is 0 Å². The zero-order valence-corrected chi connectivity index (χ0v) is 13.1. The molecule has 0 saturated carbocycles. The molecule has 4 rings (SSSR count). The van der Waals surface area contributed by atoms with Crippen LogP contribution in [0.4, 0.5) is 11.6 Å². The molecule has 3 aromatic heterocycles. The number of rotatable bonds is 3. The molecule has 1 aliphatic rings. The average molecular weight is 323 g/mol. The van der Waals surface area contributed by atoms with Gasteiger partial charge in [0, 0.05) is 31.0 Å². The third-order valence-electron chi connectivity index (χ3n) is 3.96. The predicted octanol–water partition coefficient (Wildman–Crippen LogP) is 1.82. The van der Waals surface area contributed by atoms with Crippen LogP contribution in [-0.2, 0) is 4.74 Å². The summed E-state index contributed by atoms with van der Waals surface area (Å²) in [5, 5.41) is 2.83. The molecular formula is C17H17N5O2. The van der Waals surface area contributed by atoms with Crippen LogP contribution in [0.5, 0.6) is 0 Å². The molecule has 0 bridgehead atoms. The summed E-state index contributed by atoms with van der Waals surface area (Å²) in [5.74, 6) is 0.479. The Morgan fingerprint density at radius 1 is 1.17 bits per heavy atom. The molecule has 0 atom stereocenters. The van der Waals surface area contributed by atoms with Gasteiger partial charge in [0.25, 0.3) is 5.91 Å². The molecule has 3 aromatic rings. The molecule has 7 heteroatoms. The Kier molecular flexibility index (Phi) is 3.84. The van der Waals surface area contributed by atoms with Crippen molar-refractivity contribution in [2.45, 2.75) is 0 Å². The van der Waals surface area contributed by atoms with E-state index in [0.29, 0.717) is 30.4 Å². The van der Waals surface area contributed by atoms with E-state index >= 15 is 0 Å². The van der Waals surface area contributed by atoms with Crippen LogP contribution in [0.3, 0.4) is 0 Å². The Balaban J connectivity index is 1.47. The number of carbonyl (C=O) groups is 1. The SMILES string of the molecule is O=C(Nc1cnc(N2CCOCC2)nc1)c1cc2ccccn2c1. The van der Waals surface area contributed by atoms with E-state index in [1.54, 1.807) is 18.6 Å². The molecule has 0 aromatic carbocycles. The van der Waals surface area contributed by atoms with E-state index in [9.17, 15) is 4.79 Å². The number of nitrogens with zero attached hydrogens (tertiary/aromatic N) is 4. The first kappa shape index (κ1) is 14.6. The van der Waals surface area contributed by atoms with Gasteiger partial charge < -0.3 is 19.4 Å². The fraction of sp³-hybridized carbons (Fsp3) is 0.235. The zero-order chi connectivity index (χ0) is 16.4. The number of nitrogens with one attached hydrogen (secondary N) is 1. The summed E-state index contributed by atoms with van der Waals surface area (Å²) in [5.41, 5.74) is 2.15. The highest BCUT2D eigenvalue weighted by Gasteiger charge is 2.14. The molecule has 1 fully saturated rings. The van der Waals surface area contributed by atoms with Crippen LogP contribution in [0.25, 0.3) is 5.52 Å². The highest BCUT2D eigenvalue weighted by molar-refractivity contribution is 6.05. The van der Waals surface area contributed by atoms with Gasteiger partial charge in [-0.1, -0.05) is 6.07 Å². The minimum absolute atomic E-state index is 0.179. The lowest BCUT2D eigenvalue weighted by Crippen LogP contribution is -2.37. The van der Waals surface area contributed by atoms with Crippen LogP contribution in [0.2, 0.25) is 0 Å². The topological polar surface area (TPSA) is 71.8 Å². The number of carbonyl (C=O) groups excluding carboxylic acids is 1. The second-order valence-corrected chi connectivity index (χ2v) is 5.59. The smallest absolute Gasteiger partial charge is 0.257 e. The number of amides is 1. The van der Waals surface area contributed by atoms with Crippen LogP contribution in [0.1, 0.15) is 10.4 Å². The lowest BCUT2D eigenvalue weighted by atomic mass is 10.3. The number of morpholine rings is 1. The van der Waals surface area contributed by atoms with Crippen molar-refractivity contribution >= 4 is 23.1 Å². The summed E-state index contributed by atoms with van der Waals surface area (Å²) in [6.07, 6.45) is 6.97. The Hall–Kier alpha value is -2.93. The maximum absolute atomic E-state index is 12.4. The Labute approximate surface area is 138 Å². The Morgan fingerprint density at radius 2 is 1.96 bits per heavy atom. The fourth-order valence-electron chi connectivity index (χ4n) is 2.70. The summed E-state index contributed by atoms with van der Waals surface area (Å²) in [4.78, 5) is 23.1. The first-order chi connectivity index (χ1) is 11.8. The number of fused-ring (bicyclic) bond motifs is 1. The maximum Gasteiger partial charge on any atom is 0.257 e. The van der Waals surface area contributed by atoms with Gasteiger partial charge in [0.05, 0.1) is 36.9 Å². The fourth-order valence-corrected chi connectivity index (χ4v) is 2.70. The number of hydrogen-bond donors (Lipinski definition) is 1. The van der Waals surface area contributed by atoms with E-state index in [0.717, 1.165) is 18.6 Å². The van der Waals surface area contributed by atoms with E-state index < -0.39 is 0 Å². The van der Waals surface area contributed by atoms with Crippen molar-refractivity contribution < 1.29 is 9.53 Å². The number of hydrogen-bond acceptors (Lipinski definition) is 5.